The number of nitrogens with one attached hydrogen (secondary N) is 2. The van der Waals surface area contributed by atoms with Gasteiger partial charge in [-0.2, -0.15) is 9.66 Å². The van der Waals surface area contributed by atoms with Crippen molar-refractivity contribution in [2.75, 3.05) is 5.32 Å². The van der Waals surface area contributed by atoms with Crippen molar-refractivity contribution in [2.45, 2.75) is 58.4 Å². The minimum absolute atomic E-state index is 0.524. The molecule has 0 unspecified atom stereocenters. The molecule has 128 valence electrons. The third kappa shape index (κ3) is 2.55. The lowest BCUT2D eigenvalue weighted by atomic mass is 9.95. The van der Waals surface area contributed by atoms with Crippen molar-refractivity contribution in [2.24, 2.45) is 0 Å². The average molecular weight is 333 g/mol. The number of aromatic nitrogens is 2. The number of hydrogen-bond acceptors (Lipinski definition) is 2. The Labute approximate surface area is 148 Å². The number of aromatic amines is 1. The number of benzene rings is 1. The van der Waals surface area contributed by atoms with E-state index in [1.54, 1.807) is 0 Å². The van der Waals surface area contributed by atoms with Crippen LogP contribution >= 0.6 is 0 Å². The Kier molecular flexibility index (Phi) is 4.09. The molecular weight excluding hydrogens is 308 g/mol. The van der Waals surface area contributed by atoms with Crippen LogP contribution in [0.1, 0.15) is 55.7 Å². The molecule has 0 aliphatic heterocycles. The Morgan fingerprint density at radius 2 is 2.00 bits per heavy atom. The van der Waals surface area contributed by atoms with Gasteiger partial charge in [0.15, 0.2) is 0 Å². The van der Waals surface area contributed by atoms with Gasteiger partial charge >= 0.3 is 0 Å². The quantitative estimate of drug-likeness (QED) is 0.698. The molecule has 4 nitrogen and oxygen atoms in total. The topological polar surface area (TPSA) is 55.7 Å². The number of imidazole rings is 1. The first-order valence-electron chi connectivity index (χ1n) is 9.39. The molecule has 0 bridgehead atoms. The number of para-hydroxylation sites is 2. The molecule has 3 aromatic rings. The highest BCUT2D eigenvalue weighted by Crippen LogP contribution is 2.28. The molecule has 1 fully saturated rings. The van der Waals surface area contributed by atoms with Crippen LogP contribution in [-0.2, 0) is 6.42 Å². The SMILES string of the molecule is CCc1c(C)c(C#N)c2[nH]c3ccccc3[n+]2c1NC1CCCCC1. The number of hydrogen-bond donors (Lipinski definition) is 2. The zero-order valence-corrected chi connectivity index (χ0v) is 15.0. The van der Waals surface area contributed by atoms with E-state index in [9.17, 15) is 5.26 Å². The van der Waals surface area contributed by atoms with Crippen LogP contribution in [-0.4, -0.2) is 11.0 Å². The standard InChI is InChI=1S/C21H24N4/c1-3-16-14(2)17(13-22)21-24-18-11-7-8-12-19(18)25(21)20(16)23-15-9-5-4-6-10-15/h7-8,11-12,15H,3-6,9-10H2,1-2H3,(H,23,24)/p+1. The van der Waals surface area contributed by atoms with Crippen molar-refractivity contribution in [1.82, 2.24) is 4.98 Å². The van der Waals surface area contributed by atoms with Crippen LogP contribution in [0.4, 0.5) is 5.82 Å². The normalized spacial score (nSPS) is 15.6. The Balaban J connectivity index is 2.02. The van der Waals surface area contributed by atoms with E-state index in [1.807, 2.05) is 6.07 Å². The van der Waals surface area contributed by atoms with Crippen LogP contribution in [0.3, 0.4) is 0 Å². The molecule has 2 aromatic heterocycles. The number of H-pyrrole nitrogens is 1. The molecule has 2 heterocycles. The maximum atomic E-state index is 9.77. The van der Waals surface area contributed by atoms with Gasteiger partial charge in [-0.1, -0.05) is 38.3 Å². The van der Waals surface area contributed by atoms with Gasteiger partial charge in [-0.15, -0.1) is 0 Å². The van der Waals surface area contributed by atoms with Crippen LogP contribution in [0.25, 0.3) is 16.7 Å². The molecule has 1 aliphatic rings. The van der Waals surface area contributed by atoms with Gasteiger partial charge < -0.3 is 5.32 Å². The van der Waals surface area contributed by atoms with E-state index in [0.717, 1.165) is 34.2 Å². The number of rotatable bonds is 3. The number of nitrogens with zero attached hydrogens (tertiary/aromatic N) is 2. The van der Waals surface area contributed by atoms with Crippen LogP contribution in [0.2, 0.25) is 0 Å². The van der Waals surface area contributed by atoms with E-state index in [1.165, 1.54) is 43.5 Å². The van der Waals surface area contributed by atoms with Gasteiger partial charge in [0.2, 0.25) is 11.5 Å². The fourth-order valence-electron chi connectivity index (χ4n) is 4.29. The molecule has 4 rings (SSSR count). The van der Waals surface area contributed by atoms with Gasteiger partial charge in [0.05, 0.1) is 6.04 Å². The number of fused-ring (bicyclic) bond motifs is 3. The summed E-state index contributed by atoms with van der Waals surface area (Å²) in [5.41, 5.74) is 6.19. The highest BCUT2D eigenvalue weighted by molar-refractivity contribution is 5.78. The minimum Gasteiger partial charge on any atom is -0.302 e. The second kappa shape index (κ2) is 6.40. The fraction of sp³-hybridized carbons (Fsp3) is 0.429. The molecule has 0 radical (unpaired) electrons. The monoisotopic (exact) mass is 333 g/mol. The van der Waals surface area contributed by atoms with E-state index in [0.29, 0.717) is 6.04 Å². The summed E-state index contributed by atoms with van der Waals surface area (Å²) < 4.78 is 2.23. The summed E-state index contributed by atoms with van der Waals surface area (Å²) in [6, 6.07) is 11.2. The Hall–Kier alpha value is -2.54. The third-order valence-electron chi connectivity index (χ3n) is 5.61. The number of pyridine rings is 1. The van der Waals surface area contributed by atoms with Crippen molar-refractivity contribution < 1.29 is 4.40 Å². The third-order valence-corrected chi connectivity index (χ3v) is 5.61. The van der Waals surface area contributed by atoms with Gasteiger partial charge in [-0.25, -0.2) is 0 Å². The summed E-state index contributed by atoms with van der Waals surface area (Å²) in [6.45, 7) is 4.26. The molecule has 25 heavy (non-hydrogen) atoms. The second-order valence-corrected chi connectivity index (χ2v) is 7.10. The summed E-state index contributed by atoms with van der Waals surface area (Å²) in [7, 11) is 0. The molecule has 1 aromatic carbocycles. The van der Waals surface area contributed by atoms with Gasteiger partial charge in [-0.05, 0) is 43.9 Å². The van der Waals surface area contributed by atoms with Crippen LogP contribution in [0, 0.1) is 18.3 Å². The second-order valence-electron chi connectivity index (χ2n) is 7.10. The fourth-order valence-corrected chi connectivity index (χ4v) is 4.29. The van der Waals surface area contributed by atoms with Crippen molar-refractivity contribution in [1.29, 1.82) is 5.26 Å². The smallest absolute Gasteiger partial charge is 0.250 e. The first-order chi connectivity index (χ1) is 12.2. The summed E-state index contributed by atoms with van der Waals surface area (Å²) in [5.74, 6) is 1.17. The number of anilines is 1. The predicted octanol–water partition coefficient (Wildman–Crippen LogP) is 4.39. The van der Waals surface area contributed by atoms with Crippen molar-refractivity contribution >= 4 is 22.5 Å². The predicted molar refractivity (Wildman–Crippen MR) is 101 cm³/mol. The lowest BCUT2D eigenvalue weighted by Gasteiger charge is -2.22. The largest absolute Gasteiger partial charge is 0.302 e. The maximum absolute atomic E-state index is 9.77. The Morgan fingerprint density at radius 3 is 2.72 bits per heavy atom. The van der Waals surface area contributed by atoms with Gasteiger partial charge in [0, 0.05) is 5.56 Å². The van der Waals surface area contributed by atoms with Gasteiger partial charge in [-0.3, -0.25) is 4.98 Å². The van der Waals surface area contributed by atoms with Crippen LogP contribution < -0.4 is 9.72 Å². The molecule has 1 saturated carbocycles. The van der Waals surface area contributed by atoms with Crippen molar-refractivity contribution in [3.05, 3.63) is 41.0 Å². The van der Waals surface area contributed by atoms with E-state index in [4.69, 9.17) is 0 Å². The molecule has 2 N–H and O–H groups in total. The van der Waals surface area contributed by atoms with Crippen molar-refractivity contribution in [3.63, 3.8) is 0 Å². The summed E-state index contributed by atoms with van der Waals surface area (Å²) >= 11 is 0. The summed E-state index contributed by atoms with van der Waals surface area (Å²) in [6.07, 6.45) is 7.32. The Morgan fingerprint density at radius 1 is 1.24 bits per heavy atom. The lowest BCUT2D eigenvalue weighted by molar-refractivity contribution is -0.465. The highest BCUT2D eigenvalue weighted by Gasteiger charge is 2.27. The number of nitriles is 1. The van der Waals surface area contributed by atoms with Gasteiger partial charge in [0.1, 0.15) is 22.7 Å². The van der Waals surface area contributed by atoms with Gasteiger partial charge in [0.25, 0.3) is 0 Å². The zero-order valence-electron chi connectivity index (χ0n) is 15.0. The summed E-state index contributed by atoms with van der Waals surface area (Å²) in [5, 5.41) is 13.6. The summed E-state index contributed by atoms with van der Waals surface area (Å²) in [4.78, 5) is 3.47. The average Bonchev–Trinajstić information content (AvgIpc) is 3.02. The highest BCUT2D eigenvalue weighted by atomic mass is 15.1. The molecule has 0 atom stereocenters. The molecule has 0 spiro atoms. The molecular formula is C21H25N4+. The van der Waals surface area contributed by atoms with E-state index in [2.05, 4.69) is 52.8 Å². The van der Waals surface area contributed by atoms with Crippen molar-refractivity contribution in [3.8, 4) is 6.07 Å². The molecule has 4 heteroatoms. The maximum Gasteiger partial charge on any atom is 0.250 e. The van der Waals surface area contributed by atoms with E-state index < -0.39 is 0 Å². The Bertz CT molecular complexity index is 971. The molecule has 0 saturated heterocycles. The molecule has 1 aliphatic carbocycles. The lowest BCUT2D eigenvalue weighted by Crippen LogP contribution is -2.34. The molecule has 0 amide bonds. The minimum atomic E-state index is 0.524. The first kappa shape index (κ1) is 16.0. The van der Waals surface area contributed by atoms with Crippen LogP contribution in [0.15, 0.2) is 24.3 Å². The zero-order chi connectivity index (χ0) is 17.4. The van der Waals surface area contributed by atoms with Crippen LogP contribution in [0.5, 0.6) is 0 Å². The first-order valence-corrected chi connectivity index (χ1v) is 9.39. The van der Waals surface area contributed by atoms with E-state index >= 15 is 0 Å². The van der Waals surface area contributed by atoms with E-state index in [-0.39, 0.29) is 0 Å².